The molecule has 1 saturated heterocycles. The van der Waals surface area contributed by atoms with E-state index in [0.29, 0.717) is 0 Å². The molecule has 0 aliphatic carbocycles. The van der Waals surface area contributed by atoms with Crippen molar-refractivity contribution in [2.75, 3.05) is 41.3 Å². The molecule has 3 heterocycles. The van der Waals surface area contributed by atoms with E-state index >= 15 is 0 Å². The van der Waals surface area contributed by atoms with Gasteiger partial charge in [-0.1, -0.05) is 19.9 Å². The Hall–Kier alpha value is -2.63. The molecular weight excluding hydrogens is 326 g/mol. The molecule has 1 amide bonds. The predicted octanol–water partition coefficient (Wildman–Crippen LogP) is 3.18. The number of amides is 1. The van der Waals surface area contributed by atoms with Crippen LogP contribution in [0.15, 0.2) is 42.7 Å². The average Bonchev–Trinajstić information content (AvgIpc) is 2.70. The van der Waals surface area contributed by atoms with Gasteiger partial charge in [-0.25, -0.2) is 9.97 Å². The van der Waals surface area contributed by atoms with E-state index in [-0.39, 0.29) is 11.8 Å². The topological polar surface area (TPSA) is 61.4 Å². The van der Waals surface area contributed by atoms with Gasteiger partial charge >= 0.3 is 0 Å². The Morgan fingerprint density at radius 1 is 1.00 bits per heavy atom. The molecule has 0 bridgehead atoms. The van der Waals surface area contributed by atoms with E-state index in [0.717, 1.165) is 56.3 Å². The molecule has 1 aliphatic heterocycles. The second-order valence-corrected chi connectivity index (χ2v) is 6.57. The monoisotopic (exact) mass is 353 g/mol. The number of rotatable bonds is 6. The summed E-state index contributed by atoms with van der Waals surface area (Å²) < 4.78 is 0. The summed E-state index contributed by atoms with van der Waals surface area (Å²) in [7, 11) is 0. The van der Waals surface area contributed by atoms with Gasteiger partial charge in [0.05, 0.1) is 11.9 Å². The van der Waals surface area contributed by atoms with Crippen LogP contribution in [-0.4, -0.2) is 42.1 Å². The van der Waals surface area contributed by atoms with E-state index in [2.05, 4.69) is 25.1 Å². The quantitative estimate of drug-likeness (QED) is 0.864. The second kappa shape index (κ2) is 8.65. The largest absolute Gasteiger partial charge is 0.353 e. The van der Waals surface area contributed by atoms with Crippen LogP contribution in [0.4, 0.5) is 17.3 Å². The lowest BCUT2D eigenvalue weighted by Crippen LogP contribution is -2.47. The highest BCUT2D eigenvalue weighted by Crippen LogP contribution is 2.19. The van der Waals surface area contributed by atoms with Gasteiger partial charge in [0.2, 0.25) is 5.91 Å². The number of pyridine rings is 2. The Labute approximate surface area is 155 Å². The van der Waals surface area contributed by atoms with Crippen molar-refractivity contribution in [3.8, 4) is 0 Å². The molecular formula is C20H27N5O. The maximum Gasteiger partial charge on any atom is 0.227 e. The smallest absolute Gasteiger partial charge is 0.227 e. The first-order chi connectivity index (χ1) is 12.7. The zero-order chi connectivity index (χ0) is 18.4. The predicted molar refractivity (Wildman–Crippen MR) is 106 cm³/mol. The van der Waals surface area contributed by atoms with Crippen LogP contribution < -0.4 is 15.1 Å². The number of nitrogens with one attached hydrogen (secondary N) is 1. The second-order valence-electron chi connectivity index (χ2n) is 6.57. The molecule has 0 spiro atoms. The van der Waals surface area contributed by atoms with Crippen LogP contribution in [0, 0.1) is 5.92 Å². The van der Waals surface area contributed by atoms with Crippen molar-refractivity contribution in [3.63, 3.8) is 0 Å². The Morgan fingerprint density at radius 3 is 2.15 bits per heavy atom. The third kappa shape index (κ3) is 4.31. The first-order valence-electron chi connectivity index (χ1n) is 9.39. The van der Waals surface area contributed by atoms with Gasteiger partial charge in [0.25, 0.3) is 0 Å². The minimum Gasteiger partial charge on any atom is -0.353 e. The number of carbonyl (C=O) groups is 1. The zero-order valence-corrected chi connectivity index (χ0v) is 15.6. The lowest BCUT2D eigenvalue weighted by atomic mass is 10.0. The molecule has 1 fully saturated rings. The Morgan fingerprint density at radius 2 is 1.65 bits per heavy atom. The first kappa shape index (κ1) is 18.2. The van der Waals surface area contributed by atoms with Crippen molar-refractivity contribution in [2.24, 2.45) is 5.92 Å². The number of hydrogen-bond acceptors (Lipinski definition) is 5. The summed E-state index contributed by atoms with van der Waals surface area (Å²) in [5.74, 6) is 2.12. The van der Waals surface area contributed by atoms with Gasteiger partial charge < -0.3 is 15.1 Å². The summed E-state index contributed by atoms with van der Waals surface area (Å²) >= 11 is 0. The van der Waals surface area contributed by atoms with Crippen LogP contribution >= 0.6 is 0 Å². The van der Waals surface area contributed by atoms with Crippen molar-refractivity contribution in [1.82, 2.24) is 9.97 Å². The Bertz CT molecular complexity index is 692. The molecule has 1 aliphatic rings. The number of hydrogen-bond donors (Lipinski definition) is 1. The summed E-state index contributed by atoms with van der Waals surface area (Å²) in [6.07, 6.45) is 5.29. The molecule has 6 heteroatoms. The van der Waals surface area contributed by atoms with E-state index in [1.165, 1.54) is 0 Å². The van der Waals surface area contributed by atoms with E-state index < -0.39 is 0 Å². The van der Waals surface area contributed by atoms with Crippen LogP contribution in [0.2, 0.25) is 0 Å². The molecule has 6 nitrogen and oxygen atoms in total. The fourth-order valence-electron chi connectivity index (χ4n) is 3.26. The molecule has 2 aromatic heterocycles. The lowest BCUT2D eigenvalue weighted by molar-refractivity contribution is -0.120. The standard InChI is InChI=1S/C20H27N5O/c1-3-16(4-2)20(26)23-17-8-9-19(22-15-17)25-13-11-24(12-14-25)18-7-5-6-10-21-18/h5-10,15-16H,3-4,11-14H2,1-2H3,(H,23,26). The third-order valence-corrected chi connectivity index (χ3v) is 4.95. The number of piperazine rings is 1. The van der Waals surface area contributed by atoms with E-state index in [1.807, 2.05) is 50.4 Å². The molecule has 0 atom stereocenters. The molecule has 1 N–H and O–H groups in total. The lowest BCUT2D eigenvalue weighted by Gasteiger charge is -2.36. The Kier molecular flexibility index (Phi) is 6.04. The number of anilines is 3. The van der Waals surface area contributed by atoms with E-state index in [9.17, 15) is 4.79 Å². The molecule has 26 heavy (non-hydrogen) atoms. The summed E-state index contributed by atoms with van der Waals surface area (Å²) in [5.41, 5.74) is 0.762. The maximum absolute atomic E-state index is 12.2. The number of aromatic nitrogens is 2. The summed E-state index contributed by atoms with van der Waals surface area (Å²) in [5, 5.41) is 2.97. The fraction of sp³-hybridized carbons (Fsp3) is 0.450. The van der Waals surface area contributed by atoms with Gasteiger partial charge in [0, 0.05) is 38.3 Å². The van der Waals surface area contributed by atoms with Gasteiger partial charge in [0.1, 0.15) is 11.6 Å². The van der Waals surface area contributed by atoms with Gasteiger partial charge in [-0.15, -0.1) is 0 Å². The molecule has 3 rings (SSSR count). The zero-order valence-electron chi connectivity index (χ0n) is 15.6. The van der Waals surface area contributed by atoms with Crippen molar-refractivity contribution < 1.29 is 4.79 Å². The summed E-state index contributed by atoms with van der Waals surface area (Å²) in [4.78, 5) is 25.7. The summed E-state index contributed by atoms with van der Waals surface area (Å²) in [6, 6.07) is 9.93. The highest BCUT2D eigenvalue weighted by atomic mass is 16.1. The minimum absolute atomic E-state index is 0.0642. The molecule has 0 saturated carbocycles. The molecule has 0 aromatic carbocycles. The van der Waals surface area contributed by atoms with E-state index in [4.69, 9.17) is 0 Å². The van der Waals surface area contributed by atoms with Gasteiger partial charge in [-0.2, -0.15) is 0 Å². The molecule has 138 valence electrons. The molecule has 0 radical (unpaired) electrons. The average molecular weight is 353 g/mol. The number of nitrogens with zero attached hydrogens (tertiary/aromatic N) is 4. The third-order valence-electron chi connectivity index (χ3n) is 4.95. The van der Waals surface area contributed by atoms with Crippen LogP contribution in [0.1, 0.15) is 26.7 Å². The van der Waals surface area contributed by atoms with Crippen LogP contribution in [0.25, 0.3) is 0 Å². The van der Waals surface area contributed by atoms with Crippen LogP contribution in [0.5, 0.6) is 0 Å². The van der Waals surface area contributed by atoms with E-state index in [1.54, 1.807) is 6.20 Å². The Balaban J connectivity index is 1.55. The van der Waals surface area contributed by atoms with Crippen molar-refractivity contribution >= 4 is 23.2 Å². The fourth-order valence-corrected chi connectivity index (χ4v) is 3.26. The highest BCUT2D eigenvalue weighted by molar-refractivity contribution is 5.92. The van der Waals surface area contributed by atoms with Gasteiger partial charge in [0.15, 0.2) is 0 Å². The van der Waals surface area contributed by atoms with Gasteiger partial charge in [-0.3, -0.25) is 4.79 Å². The van der Waals surface area contributed by atoms with Crippen LogP contribution in [0.3, 0.4) is 0 Å². The highest BCUT2D eigenvalue weighted by Gasteiger charge is 2.19. The molecule has 0 unspecified atom stereocenters. The number of carbonyl (C=O) groups excluding carboxylic acids is 1. The van der Waals surface area contributed by atoms with Crippen molar-refractivity contribution in [3.05, 3.63) is 42.7 Å². The normalized spacial score (nSPS) is 14.6. The summed E-state index contributed by atoms with van der Waals surface area (Å²) in [6.45, 7) is 7.74. The maximum atomic E-state index is 12.2. The minimum atomic E-state index is 0.0642. The first-order valence-corrected chi connectivity index (χ1v) is 9.39. The van der Waals surface area contributed by atoms with Gasteiger partial charge in [-0.05, 0) is 37.1 Å². The van der Waals surface area contributed by atoms with Crippen LogP contribution in [-0.2, 0) is 4.79 Å². The van der Waals surface area contributed by atoms with Crippen molar-refractivity contribution in [2.45, 2.75) is 26.7 Å². The SMILES string of the molecule is CCC(CC)C(=O)Nc1ccc(N2CCN(c3ccccn3)CC2)nc1. The molecule has 2 aromatic rings. The van der Waals surface area contributed by atoms with Crippen molar-refractivity contribution in [1.29, 1.82) is 0 Å².